The summed E-state index contributed by atoms with van der Waals surface area (Å²) >= 11 is 0. The van der Waals surface area contributed by atoms with E-state index in [1.54, 1.807) is 41.1 Å². The van der Waals surface area contributed by atoms with Gasteiger partial charge in [0, 0.05) is 18.4 Å². The van der Waals surface area contributed by atoms with Gasteiger partial charge in [0.25, 0.3) is 11.8 Å². The van der Waals surface area contributed by atoms with E-state index in [-0.39, 0.29) is 34.9 Å². The lowest BCUT2D eigenvalue weighted by atomic mass is 9.53. The number of nitrogens with zero attached hydrogens (tertiary/aromatic N) is 4. The minimum Gasteiger partial charge on any atom is -0.474 e. The van der Waals surface area contributed by atoms with Gasteiger partial charge in [-0.15, -0.1) is 0 Å². The van der Waals surface area contributed by atoms with Crippen molar-refractivity contribution in [3.05, 3.63) is 59.7 Å². The summed E-state index contributed by atoms with van der Waals surface area (Å²) in [6.07, 6.45) is 8.28. The molecule has 1 spiro atoms. The van der Waals surface area contributed by atoms with Crippen LogP contribution in [-0.2, 0) is 0 Å². The molecule has 2 amide bonds. The van der Waals surface area contributed by atoms with Crippen molar-refractivity contribution in [2.75, 3.05) is 0 Å². The molecule has 9 nitrogen and oxygen atoms in total. The first kappa shape index (κ1) is 19.1. The molecule has 2 fully saturated rings. The Kier molecular flexibility index (Phi) is 4.36. The van der Waals surface area contributed by atoms with Crippen molar-refractivity contribution in [2.24, 2.45) is 11.1 Å². The van der Waals surface area contributed by atoms with Gasteiger partial charge in [-0.1, -0.05) is 0 Å². The molecule has 5 rings (SSSR count). The molecule has 0 saturated heterocycles. The second-order valence-electron chi connectivity index (χ2n) is 8.35. The van der Waals surface area contributed by atoms with E-state index in [2.05, 4.69) is 21.4 Å². The number of aromatic nitrogens is 3. The van der Waals surface area contributed by atoms with Crippen LogP contribution < -0.4 is 15.8 Å². The van der Waals surface area contributed by atoms with Gasteiger partial charge in [-0.3, -0.25) is 14.0 Å². The van der Waals surface area contributed by atoms with Crippen molar-refractivity contribution >= 4 is 17.5 Å². The molecule has 31 heavy (non-hydrogen) atoms. The maximum absolute atomic E-state index is 12.7. The molecule has 3 N–H and O–H groups in total. The number of ether oxygens (including phenoxy) is 1. The van der Waals surface area contributed by atoms with E-state index >= 15 is 0 Å². The first-order valence-electron chi connectivity index (χ1n) is 10.1. The lowest BCUT2D eigenvalue weighted by Gasteiger charge is -2.57. The summed E-state index contributed by atoms with van der Waals surface area (Å²) in [5.41, 5.74) is 7.35. The fraction of sp³-hybridized carbons (Fsp3) is 0.318. The van der Waals surface area contributed by atoms with Crippen LogP contribution in [0.3, 0.4) is 0 Å². The maximum atomic E-state index is 12.7. The van der Waals surface area contributed by atoms with Gasteiger partial charge >= 0.3 is 0 Å². The van der Waals surface area contributed by atoms with Gasteiger partial charge in [0.15, 0.2) is 0 Å². The molecular formula is C22H20N6O3. The van der Waals surface area contributed by atoms with E-state index in [1.807, 2.05) is 0 Å². The fourth-order valence-electron chi connectivity index (χ4n) is 4.72. The molecule has 9 heteroatoms. The van der Waals surface area contributed by atoms with Crippen LogP contribution in [0.15, 0.2) is 42.9 Å². The SMILES string of the molecule is N#Cc1ccn2c(C(=O)NC3CC4(C3)CC(Oc3ncccc3C(N)=O)C4)cnc2c1. The van der Waals surface area contributed by atoms with Crippen LogP contribution in [0.25, 0.3) is 5.65 Å². The van der Waals surface area contributed by atoms with Gasteiger partial charge in [-0.25, -0.2) is 9.97 Å². The minimum absolute atomic E-state index is 0.00208. The Morgan fingerprint density at radius 2 is 2.06 bits per heavy atom. The second-order valence-corrected chi connectivity index (χ2v) is 8.35. The van der Waals surface area contributed by atoms with E-state index in [4.69, 9.17) is 15.7 Å². The van der Waals surface area contributed by atoms with Crippen molar-refractivity contribution in [1.29, 1.82) is 5.26 Å². The Morgan fingerprint density at radius 3 is 2.81 bits per heavy atom. The highest BCUT2D eigenvalue weighted by molar-refractivity contribution is 5.95. The van der Waals surface area contributed by atoms with E-state index in [1.165, 1.54) is 6.20 Å². The van der Waals surface area contributed by atoms with Crippen LogP contribution in [-0.4, -0.2) is 38.3 Å². The van der Waals surface area contributed by atoms with Crippen molar-refractivity contribution in [3.63, 3.8) is 0 Å². The van der Waals surface area contributed by atoms with E-state index in [9.17, 15) is 9.59 Å². The molecule has 0 radical (unpaired) electrons. The number of pyridine rings is 2. The summed E-state index contributed by atoms with van der Waals surface area (Å²) in [5.74, 6) is -0.449. The number of nitriles is 1. The zero-order valence-corrected chi connectivity index (χ0v) is 16.6. The predicted octanol–water partition coefficient (Wildman–Crippen LogP) is 1.82. The summed E-state index contributed by atoms with van der Waals surface area (Å²) in [6, 6.07) is 8.74. The fourth-order valence-corrected chi connectivity index (χ4v) is 4.72. The van der Waals surface area contributed by atoms with Crippen molar-refractivity contribution in [2.45, 2.75) is 37.8 Å². The molecule has 2 aliphatic rings. The molecule has 3 aromatic heterocycles. The number of carbonyl (C=O) groups excluding carboxylic acids is 2. The molecule has 0 atom stereocenters. The highest BCUT2D eigenvalue weighted by Gasteiger charge is 2.54. The average Bonchev–Trinajstić information content (AvgIpc) is 3.14. The second kappa shape index (κ2) is 7.09. The van der Waals surface area contributed by atoms with Crippen molar-refractivity contribution in [1.82, 2.24) is 19.7 Å². The Bertz CT molecular complexity index is 1230. The number of amides is 2. The van der Waals surface area contributed by atoms with Crippen LogP contribution in [0.4, 0.5) is 0 Å². The molecule has 2 aliphatic carbocycles. The lowest BCUT2D eigenvalue weighted by Crippen LogP contribution is -2.58. The summed E-state index contributed by atoms with van der Waals surface area (Å²) in [5, 5.41) is 12.1. The zero-order chi connectivity index (χ0) is 21.6. The van der Waals surface area contributed by atoms with E-state index in [0.29, 0.717) is 16.9 Å². The largest absolute Gasteiger partial charge is 0.474 e. The molecule has 156 valence electrons. The third kappa shape index (κ3) is 3.36. The molecule has 0 aromatic carbocycles. The molecule has 3 heterocycles. The number of hydrogen-bond acceptors (Lipinski definition) is 6. The standard InChI is InChI=1S/C22H20N6O3/c23-11-13-3-5-28-17(12-26-18(28)6-13)20(30)27-14-7-22(8-14)9-15(10-22)31-21-16(19(24)29)2-1-4-25-21/h1-6,12,14-15H,7-10H2,(H2,24,29)(H,27,30). The molecule has 0 bridgehead atoms. The van der Waals surface area contributed by atoms with Gasteiger partial charge in [0.05, 0.1) is 17.8 Å². The first-order chi connectivity index (χ1) is 15.0. The number of hydrogen-bond donors (Lipinski definition) is 2. The Hall–Kier alpha value is -3.93. The Labute approximate surface area is 177 Å². The van der Waals surface area contributed by atoms with E-state index in [0.717, 1.165) is 25.7 Å². The first-order valence-corrected chi connectivity index (χ1v) is 10.1. The smallest absolute Gasteiger partial charge is 0.270 e. The van der Waals surface area contributed by atoms with Gasteiger partial charge in [0.1, 0.15) is 23.0 Å². The number of nitrogens with one attached hydrogen (secondary N) is 1. The average molecular weight is 416 g/mol. The van der Waals surface area contributed by atoms with Gasteiger partial charge < -0.3 is 15.8 Å². The predicted molar refractivity (Wildman–Crippen MR) is 109 cm³/mol. The third-order valence-electron chi connectivity index (χ3n) is 6.21. The highest BCUT2D eigenvalue weighted by atomic mass is 16.5. The minimum atomic E-state index is -0.556. The topological polar surface area (TPSA) is 135 Å². The zero-order valence-electron chi connectivity index (χ0n) is 16.6. The van der Waals surface area contributed by atoms with E-state index < -0.39 is 5.91 Å². The summed E-state index contributed by atoms with van der Waals surface area (Å²) < 4.78 is 7.56. The van der Waals surface area contributed by atoms with Gasteiger partial charge in [0.2, 0.25) is 5.88 Å². The van der Waals surface area contributed by atoms with Crippen LogP contribution >= 0.6 is 0 Å². The summed E-state index contributed by atoms with van der Waals surface area (Å²) in [6.45, 7) is 0. The monoisotopic (exact) mass is 416 g/mol. The number of carbonyl (C=O) groups is 2. The molecule has 0 aliphatic heterocycles. The number of primary amides is 1. The quantitative estimate of drug-likeness (QED) is 0.651. The summed E-state index contributed by atoms with van der Waals surface area (Å²) in [4.78, 5) is 32.5. The molecule has 0 unspecified atom stereocenters. The van der Waals surface area contributed by atoms with Crippen LogP contribution in [0, 0.1) is 16.7 Å². The highest BCUT2D eigenvalue weighted by Crippen LogP contribution is 2.56. The number of rotatable bonds is 5. The maximum Gasteiger partial charge on any atom is 0.270 e. The number of nitrogens with two attached hydrogens (primary N) is 1. The van der Waals surface area contributed by atoms with Crippen molar-refractivity contribution in [3.8, 4) is 11.9 Å². The molecule has 3 aromatic rings. The lowest BCUT2D eigenvalue weighted by molar-refractivity contribution is -0.0848. The third-order valence-corrected chi connectivity index (χ3v) is 6.21. The number of fused-ring (bicyclic) bond motifs is 1. The summed E-state index contributed by atoms with van der Waals surface area (Å²) in [7, 11) is 0. The molecular weight excluding hydrogens is 396 g/mol. The van der Waals surface area contributed by atoms with Crippen molar-refractivity contribution < 1.29 is 14.3 Å². The molecule has 2 saturated carbocycles. The van der Waals surface area contributed by atoms with Crippen LogP contribution in [0.2, 0.25) is 0 Å². The van der Waals surface area contributed by atoms with Crippen LogP contribution in [0.1, 0.15) is 52.1 Å². The van der Waals surface area contributed by atoms with Crippen LogP contribution in [0.5, 0.6) is 5.88 Å². The van der Waals surface area contributed by atoms with Gasteiger partial charge in [-0.05, 0) is 55.4 Å². The normalized spacial score (nSPS) is 24.1. The Balaban J connectivity index is 1.15. The van der Waals surface area contributed by atoms with Gasteiger partial charge in [-0.2, -0.15) is 5.26 Å². The number of imidazole rings is 1. The Morgan fingerprint density at radius 1 is 1.26 bits per heavy atom.